The van der Waals surface area contributed by atoms with Crippen molar-refractivity contribution >= 4 is 11.0 Å². The molecule has 0 unspecified atom stereocenters. The molecule has 4 nitrogen and oxygen atoms in total. The van der Waals surface area contributed by atoms with Crippen LogP contribution in [0.15, 0.2) is 133 Å². The summed E-state index contributed by atoms with van der Waals surface area (Å²) in [5, 5.41) is 12.6. The minimum absolute atomic E-state index is 0.0370. The zero-order chi connectivity index (χ0) is 52.9. The Bertz CT molecular complexity index is 3400. The third kappa shape index (κ3) is 9.51. The Labute approximate surface area is 408 Å². The molecule has 0 aliphatic carbocycles. The first kappa shape index (κ1) is 41.0. The number of imidazole rings is 1. The molecule has 0 atom stereocenters. The molecular weight excluding hydrogens is 815 g/mol. The summed E-state index contributed by atoms with van der Waals surface area (Å²) in [6.45, 7) is 35.3. The van der Waals surface area contributed by atoms with Gasteiger partial charge in [0.15, 0.2) is 0 Å². The molecule has 0 saturated carbocycles. The van der Waals surface area contributed by atoms with E-state index in [2.05, 4.69) is 200 Å². The maximum Gasteiger partial charge on any atom is 0.149 e. The van der Waals surface area contributed by atoms with E-state index in [1.165, 1.54) is 16.7 Å². The topological polar surface area (TPSA) is 50.9 Å². The van der Waals surface area contributed by atoms with Crippen LogP contribution in [0.1, 0.15) is 144 Å². The summed E-state index contributed by atoms with van der Waals surface area (Å²) in [6, 6.07) is 32.5. The second-order valence-electron chi connectivity index (χ2n) is 23.6. The van der Waals surface area contributed by atoms with Crippen molar-refractivity contribution in [2.24, 2.45) is 0 Å². The quantitative estimate of drug-likeness (QED) is 0.181. The zero-order valence-electron chi connectivity index (χ0n) is 47.6. The molecule has 0 amide bonds. The fraction of sp³-hybridized carbons (Fsp3) is 0.333. The van der Waals surface area contributed by atoms with Crippen LogP contribution in [0.5, 0.6) is 5.75 Å². The average molecular weight is 891 g/mol. The molecule has 0 aliphatic rings. The van der Waals surface area contributed by atoms with Crippen LogP contribution in [0, 0.1) is 6.92 Å². The van der Waals surface area contributed by atoms with E-state index in [1.807, 2.05) is 0 Å². The van der Waals surface area contributed by atoms with Gasteiger partial charge < -0.3 is 5.11 Å². The van der Waals surface area contributed by atoms with Crippen LogP contribution in [0.2, 0.25) is 0 Å². The number of aromatic nitrogens is 3. The number of hydrogen-bond donors (Lipinski definition) is 1. The van der Waals surface area contributed by atoms with Gasteiger partial charge in [0.1, 0.15) is 11.6 Å². The molecule has 67 heavy (non-hydrogen) atoms. The number of aromatic hydroxyl groups is 1. The van der Waals surface area contributed by atoms with Gasteiger partial charge in [-0.1, -0.05) is 183 Å². The summed E-state index contributed by atoms with van der Waals surface area (Å²) in [4.78, 5) is 10.4. The first-order valence-electron chi connectivity index (χ1n) is 26.1. The van der Waals surface area contributed by atoms with Gasteiger partial charge in [0.25, 0.3) is 0 Å². The van der Waals surface area contributed by atoms with E-state index in [-0.39, 0.29) is 62.6 Å². The van der Waals surface area contributed by atoms with Gasteiger partial charge >= 0.3 is 0 Å². The standard InChI is InChI=1S/C63H71N3O/c1-39-29-41(43-31-47(60(5,6)7)36-48(32-43)61(8,9)10)25-26-54(39)66-55-24-20-23-50(56(55)65-58(66)51-37-49(62(11,12)13)38-52(57(51)67)63(14,15)16)44-30-45(34-46(33-44)59(2,3)4)53-35-42(27-28-64-53)40-21-18-17-19-22-40/h17-38,67H,1-16H3/i17D,18D,19D,21D,22D. The monoisotopic (exact) mass is 891 g/mol. The molecule has 6 aromatic carbocycles. The maximum absolute atomic E-state index is 12.6. The Morgan fingerprint density at radius 1 is 0.493 bits per heavy atom. The van der Waals surface area contributed by atoms with Gasteiger partial charge in [-0.05, 0) is 138 Å². The Morgan fingerprint density at radius 3 is 1.66 bits per heavy atom. The third-order valence-electron chi connectivity index (χ3n) is 13.1. The highest BCUT2D eigenvalue weighted by atomic mass is 16.3. The second kappa shape index (κ2) is 16.8. The van der Waals surface area contributed by atoms with Crippen LogP contribution in [0.25, 0.3) is 72.7 Å². The molecular formula is C63H71N3O. The summed E-state index contributed by atoms with van der Waals surface area (Å²) in [5.41, 5.74) is 15.1. The maximum atomic E-state index is 12.6. The number of pyridine rings is 1. The van der Waals surface area contributed by atoms with E-state index in [1.54, 1.807) is 18.3 Å². The van der Waals surface area contributed by atoms with Crippen LogP contribution in [-0.2, 0) is 27.1 Å². The molecule has 0 saturated heterocycles. The van der Waals surface area contributed by atoms with Crippen molar-refractivity contribution in [2.75, 3.05) is 0 Å². The second-order valence-corrected chi connectivity index (χ2v) is 23.6. The lowest BCUT2D eigenvalue weighted by Gasteiger charge is -2.27. The predicted molar refractivity (Wildman–Crippen MR) is 286 cm³/mol. The van der Waals surface area contributed by atoms with E-state index in [0.717, 1.165) is 61.2 Å². The molecule has 0 radical (unpaired) electrons. The van der Waals surface area contributed by atoms with Crippen molar-refractivity contribution < 1.29 is 12.0 Å². The molecule has 344 valence electrons. The van der Waals surface area contributed by atoms with Crippen LogP contribution in [0.3, 0.4) is 0 Å². The highest BCUT2D eigenvalue weighted by molar-refractivity contribution is 5.97. The number of fused-ring (bicyclic) bond motifs is 1. The van der Waals surface area contributed by atoms with Crippen molar-refractivity contribution in [1.29, 1.82) is 0 Å². The first-order valence-corrected chi connectivity index (χ1v) is 23.6. The lowest BCUT2D eigenvalue weighted by molar-refractivity contribution is 0.446. The van der Waals surface area contributed by atoms with E-state index in [0.29, 0.717) is 22.6 Å². The Morgan fingerprint density at radius 2 is 1.06 bits per heavy atom. The van der Waals surface area contributed by atoms with Gasteiger partial charge in [0, 0.05) is 22.9 Å². The number of para-hydroxylation sites is 1. The lowest BCUT2D eigenvalue weighted by Crippen LogP contribution is -2.17. The van der Waals surface area contributed by atoms with Crippen LogP contribution in [-0.4, -0.2) is 19.6 Å². The summed E-state index contributed by atoms with van der Waals surface area (Å²) >= 11 is 0. The van der Waals surface area contributed by atoms with Crippen molar-refractivity contribution in [3.63, 3.8) is 0 Å². The third-order valence-corrected chi connectivity index (χ3v) is 13.1. The van der Waals surface area contributed by atoms with Crippen molar-refractivity contribution in [2.45, 2.75) is 138 Å². The largest absolute Gasteiger partial charge is 0.507 e. The van der Waals surface area contributed by atoms with Gasteiger partial charge in [-0.3, -0.25) is 9.55 Å². The van der Waals surface area contributed by atoms with E-state index in [4.69, 9.17) is 16.8 Å². The van der Waals surface area contributed by atoms with Crippen molar-refractivity contribution in [3.05, 3.63) is 167 Å². The van der Waals surface area contributed by atoms with Gasteiger partial charge in [0.2, 0.25) is 0 Å². The Balaban J connectivity index is 1.41. The van der Waals surface area contributed by atoms with Gasteiger partial charge in [-0.15, -0.1) is 0 Å². The molecule has 8 rings (SSSR count). The average Bonchev–Trinajstić information content (AvgIpc) is 3.67. The molecule has 2 heterocycles. The van der Waals surface area contributed by atoms with Crippen LogP contribution < -0.4 is 0 Å². The highest BCUT2D eigenvalue weighted by Gasteiger charge is 2.30. The smallest absolute Gasteiger partial charge is 0.149 e. The molecule has 0 bridgehead atoms. The Kier molecular flexibility index (Phi) is 10.3. The minimum atomic E-state index is -0.430. The molecule has 0 fully saturated rings. The zero-order valence-corrected chi connectivity index (χ0v) is 42.6. The SMILES string of the molecule is [2H]c1c([2H])c([2H])c(-c2ccnc(-c3cc(-c4cccc5c4nc(-c4cc(C(C)(C)C)cc(C(C)(C)C)c4O)n5-c4ccc(-c5cc(C(C)(C)C)cc(C(C)(C)C)c5)cc4C)cc(C(C)(C)C)c3)c2)c([2H])c1[2H]. The van der Waals surface area contributed by atoms with Crippen molar-refractivity contribution in [3.8, 4) is 67.5 Å². The van der Waals surface area contributed by atoms with Gasteiger partial charge in [-0.25, -0.2) is 4.98 Å². The molecule has 0 spiro atoms. The number of rotatable bonds is 6. The summed E-state index contributed by atoms with van der Waals surface area (Å²) in [5.74, 6) is 0.839. The number of nitrogens with zero attached hydrogens (tertiary/aromatic N) is 3. The van der Waals surface area contributed by atoms with Crippen LogP contribution in [0.4, 0.5) is 0 Å². The Hall–Kier alpha value is -6.26. The number of phenolic OH excluding ortho intramolecular Hbond substituents is 1. The summed E-state index contributed by atoms with van der Waals surface area (Å²) in [7, 11) is 0. The van der Waals surface area contributed by atoms with E-state index >= 15 is 0 Å². The summed E-state index contributed by atoms with van der Waals surface area (Å²) in [6.07, 6.45) is 1.63. The molecule has 1 N–H and O–H groups in total. The van der Waals surface area contributed by atoms with Gasteiger partial charge in [-0.2, -0.15) is 0 Å². The lowest BCUT2D eigenvalue weighted by atomic mass is 9.78. The molecule has 4 heteroatoms. The predicted octanol–water partition coefficient (Wildman–Crippen LogP) is 17.3. The first-order chi connectivity index (χ1) is 33.2. The molecule has 0 aliphatic heterocycles. The fourth-order valence-electron chi connectivity index (χ4n) is 8.81. The summed E-state index contributed by atoms with van der Waals surface area (Å²) < 4.78 is 44.6. The number of aryl methyl sites for hydroxylation is 1. The number of phenols is 1. The van der Waals surface area contributed by atoms with Crippen molar-refractivity contribution in [1.82, 2.24) is 14.5 Å². The van der Waals surface area contributed by atoms with E-state index < -0.39 is 6.04 Å². The molecule has 2 aromatic heterocycles. The normalized spacial score (nSPS) is 13.9. The van der Waals surface area contributed by atoms with E-state index in [9.17, 15) is 5.11 Å². The van der Waals surface area contributed by atoms with Gasteiger partial charge in [0.05, 0.1) is 34.8 Å². The molecule has 8 aromatic rings. The highest BCUT2D eigenvalue weighted by Crippen LogP contribution is 2.46. The number of benzene rings is 6. The van der Waals surface area contributed by atoms with Crippen LogP contribution >= 0.6 is 0 Å². The minimum Gasteiger partial charge on any atom is -0.507 e. The number of hydrogen-bond acceptors (Lipinski definition) is 3. The fourth-order valence-corrected chi connectivity index (χ4v) is 8.81.